The monoisotopic (exact) mass is 425 g/mol. The van der Waals surface area contributed by atoms with Crippen molar-refractivity contribution in [2.75, 3.05) is 24.2 Å². The van der Waals surface area contributed by atoms with Crippen molar-refractivity contribution in [1.82, 2.24) is 9.88 Å². The number of carbonyl (C=O) groups excluding carboxylic acids is 2. The average Bonchev–Trinajstić information content (AvgIpc) is 2.73. The number of nitrogen functional groups attached to an aromatic ring is 1. The van der Waals surface area contributed by atoms with Crippen LogP contribution in [-0.4, -0.2) is 46.6 Å². The van der Waals surface area contributed by atoms with Gasteiger partial charge in [0.1, 0.15) is 17.5 Å². The summed E-state index contributed by atoms with van der Waals surface area (Å²) in [6.07, 6.45) is 0.136. The molecule has 1 aromatic carbocycles. The lowest BCUT2D eigenvalue weighted by atomic mass is 9.91. The number of pyridine rings is 1. The minimum atomic E-state index is -0.393. The Morgan fingerprint density at radius 3 is 2.58 bits per heavy atom. The molecule has 0 atom stereocenters. The number of aromatic nitrogens is 1. The Hall–Kier alpha value is -4.13. The van der Waals surface area contributed by atoms with Crippen LogP contribution in [0, 0.1) is 11.3 Å². The molecule has 0 fully saturated rings. The van der Waals surface area contributed by atoms with E-state index in [0.29, 0.717) is 37.4 Å². The highest BCUT2D eigenvalue weighted by atomic mass is 16.6. The molecule has 1 aliphatic rings. The molecule has 4 N–H and O–H groups in total. The first-order valence-corrected chi connectivity index (χ1v) is 9.45. The van der Waals surface area contributed by atoms with Crippen molar-refractivity contribution >= 4 is 30.0 Å². The molecule has 0 unspecified atom stereocenters. The number of nitrogens with two attached hydrogens (primary N) is 1. The van der Waals surface area contributed by atoms with Crippen LogP contribution in [0.2, 0.25) is 0 Å². The molecule has 0 spiro atoms. The van der Waals surface area contributed by atoms with Crippen LogP contribution in [0.4, 0.5) is 16.3 Å². The van der Waals surface area contributed by atoms with E-state index < -0.39 is 6.09 Å². The summed E-state index contributed by atoms with van der Waals surface area (Å²) in [5, 5.41) is 19.3. The van der Waals surface area contributed by atoms with Gasteiger partial charge in [0.15, 0.2) is 0 Å². The molecule has 0 aliphatic carbocycles. The quantitative estimate of drug-likeness (QED) is 0.632. The molecule has 31 heavy (non-hydrogen) atoms. The van der Waals surface area contributed by atoms with Gasteiger partial charge >= 0.3 is 6.09 Å². The van der Waals surface area contributed by atoms with E-state index in [9.17, 15) is 14.9 Å². The van der Waals surface area contributed by atoms with Gasteiger partial charge in [-0.2, -0.15) is 5.26 Å². The molecule has 2 aromatic rings. The van der Waals surface area contributed by atoms with Crippen molar-refractivity contribution in [1.29, 1.82) is 5.26 Å². The second kappa shape index (κ2) is 10.6. The first-order valence-electron chi connectivity index (χ1n) is 9.45. The maximum Gasteiger partial charge on any atom is 0.410 e. The Bertz CT molecular complexity index is 1010. The number of carboxylic acid groups (broad SMARTS) is 1. The molecule has 10 heteroatoms. The van der Waals surface area contributed by atoms with Crippen LogP contribution in [0.1, 0.15) is 30.7 Å². The fourth-order valence-corrected chi connectivity index (χ4v) is 3.31. The largest absolute Gasteiger partial charge is 0.483 e. The molecule has 0 radical (unpaired) electrons. The van der Waals surface area contributed by atoms with Crippen molar-refractivity contribution in [3.63, 3.8) is 0 Å². The fourth-order valence-electron chi connectivity index (χ4n) is 3.31. The maximum absolute atomic E-state index is 12.2. The lowest BCUT2D eigenvalue weighted by molar-refractivity contribution is -0.123. The van der Waals surface area contributed by atoms with Gasteiger partial charge in [-0.1, -0.05) is 12.1 Å². The smallest absolute Gasteiger partial charge is 0.410 e. The van der Waals surface area contributed by atoms with E-state index in [0.717, 1.165) is 16.8 Å². The van der Waals surface area contributed by atoms with Gasteiger partial charge in [-0.05, 0) is 24.6 Å². The Morgan fingerprint density at radius 1 is 1.39 bits per heavy atom. The van der Waals surface area contributed by atoms with Crippen LogP contribution in [0.5, 0.6) is 0 Å². The first-order chi connectivity index (χ1) is 14.9. The van der Waals surface area contributed by atoms with Gasteiger partial charge in [-0.15, -0.1) is 0 Å². The summed E-state index contributed by atoms with van der Waals surface area (Å²) in [6, 6.07) is 9.27. The third-order valence-electron chi connectivity index (χ3n) is 4.51. The molecule has 162 valence electrons. The number of nitriles is 1. The van der Waals surface area contributed by atoms with Gasteiger partial charge in [0.05, 0.1) is 18.8 Å². The van der Waals surface area contributed by atoms with Crippen molar-refractivity contribution in [2.24, 2.45) is 0 Å². The number of carbonyl (C=O) groups is 3. The number of anilines is 2. The van der Waals surface area contributed by atoms with Gasteiger partial charge in [-0.25, -0.2) is 9.78 Å². The standard InChI is InChI=1S/C20H21N5O3.CH2O2/c1-3-28-20(27)25-9-8-17-16(11-25)18(15(10-21)19(22)24-17)13-4-6-14(7-5-13)23-12(2)26;2-1-3/h4-7H,3,8-9,11H2,1-2H3,(H2,22,24)(H,23,26);1H,(H,2,3). The summed E-state index contributed by atoms with van der Waals surface area (Å²) in [7, 11) is 0. The maximum atomic E-state index is 12.2. The molecule has 10 nitrogen and oxygen atoms in total. The number of fused-ring (bicyclic) bond motifs is 1. The molecule has 1 aromatic heterocycles. The summed E-state index contributed by atoms with van der Waals surface area (Å²) in [5.41, 5.74) is 9.95. The molecule has 0 saturated carbocycles. The van der Waals surface area contributed by atoms with E-state index in [2.05, 4.69) is 16.4 Å². The van der Waals surface area contributed by atoms with E-state index in [1.807, 2.05) is 12.1 Å². The second-order valence-corrected chi connectivity index (χ2v) is 6.52. The third-order valence-corrected chi connectivity index (χ3v) is 4.51. The van der Waals surface area contributed by atoms with E-state index in [-0.39, 0.29) is 23.8 Å². The number of ether oxygens (including phenoxy) is 1. The molecule has 3 rings (SSSR count). The normalized spacial score (nSPS) is 11.8. The lowest BCUT2D eigenvalue weighted by Crippen LogP contribution is -2.37. The number of hydrogen-bond donors (Lipinski definition) is 3. The average molecular weight is 425 g/mol. The van der Waals surface area contributed by atoms with Crippen molar-refractivity contribution < 1.29 is 24.2 Å². The predicted molar refractivity (Wildman–Crippen MR) is 113 cm³/mol. The number of benzene rings is 1. The van der Waals surface area contributed by atoms with E-state index in [1.165, 1.54) is 6.92 Å². The minimum Gasteiger partial charge on any atom is -0.483 e. The summed E-state index contributed by atoms with van der Waals surface area (Å²) in [6.45, 7) is 4.01. The summed E-state index contributed by atoms with van der Waals surface area (Å²) in [5.74, 6) is 0.00727. The van der Waals surface area contributed by atoms with Gasteiger partial charge in [0, 0.05) is 36.7 Å². The van der Waals surface area contributed by atoms with Gasteiger partial charge in [0.2, 0.25) is 5.91 Å². The lowest BCUT2D eigenvalue weighted by Gasteiger charge is -2.29. The highest BCUT2D eigenvalue weighted by Gasteiger charge is 2.28. The van der Waals surface area contributed by atoms with Crippen LogP contribution in [0.25, 0.3) is 11.1 Å². The molecule has 0 bridgehead atoms. The SMILES string of the molecule is CCOC(=O)N1CCc2nc(N)c(C#N)c(-c3ccc(NC(C)=O)cc3)c2C1.O=CO. The Kier molecular flexibility index (Phi) is 7.91. The Morgan fingerprint density at radius 2 is 2.03 bits per heavy atom. The number of hydrogen-bond acceptors (Lipinski definition) is 7. The highest BCUT2D eigenvalue weighted by molar-refractivity contribution is 5.89. The van der Waals surface area contributed by atoms with Crippen molar-refractivity contribution in [3.8, 4) is 17.2 Å². The van der Waals surface area contributed by atoms with Gasteiger partial charge in [0.25, 0.3) is 6.47 Å². The fraction of sp³-hybridized carbons (Fsp3) is 0.286. The number of nitrogens with one attached hydrogen (secondary N) is 1. The van der Waals surface area contributed by atoms with Gasteiger partial charge < -0.3 is 25.8 Å². The Balaban J connectivity index is 0.00000107. The van der Waals surface area contributed by atoms with E-state index >= 15 is 0 Å². The molecule has 0 saturated heterocycles. The Labute approximate surface area is 179 Å². The molecule has 2 heterocycles. The van der Waals surface area contributed by atoms with Crippen molar-refractivity contribution in [2.45, 2.75) is 26.8 Å². The van der Waals surface area contributed by atoms with Crippen LogP contribution >= 0.6 is 0 Å². The predicted octanol–water partition coefficient (Wildman–Crippen LogP) is 2.38. The highest BCUT2D eigenvalue weighted by Crippen LogP contribution is 2.35. The molecular weight excluding hydrogens is 402 g/mol. The van der Waals surface area contributed by atoms with Crippen LogP contribution < -0.4 is 11.1 Å². The summed E-state index contributed by atoms with van der Waals surface area (Å²) < 4.78 is 5.11. The number of rotatable bonds is 3. The van der Waals surface area contributed by atoms with Crippen LogP contribution in [0.3, 0.4) is 0 Å². The first kappa shape index (κ1) is 23.2. The number of amides is 2. The van der Waals surface area contributed by atoms with Crippen LogP contribution in [-0.2, 0) is 27.3 Å². The molecule has 2 amide bonds. The summed E-state index contributed by atoms with van der Waals surface area (Å²) >= 11 is 0. The van der Waals surface area contributed by atoms with Crippen molar-refractivity contribution in [3.05, 3.63) is 41.1 Å². The second-order valence-electron chi connectivity index (χ2n) is 6.52. The van der Waals surface area contributed by atoms with Gasteiger partial charge in [-0.3, -0.25) is 9.59 Å². The number of nitrogens with zero attached hydrogens (tertiary/aromatic N) is 3. The topological polar surface area (TPSA) is 159 Å². The zero-order valence-electron chi connectivity index (χ0n) is 17.2. The molecule has 1 aliphatic heterocycles. The van der Waals surface area contributed by atoms with Crippen LogP contribution in [0.15, 0.2) is 24.3 Å². The third kappa shape index (κ3) is 5.48. The minimum absolute atomic E-state index is 0.166. The zero-order valence-corrected chi connectivity index (χ0v) is 17.2. The van der Waals surface area contributed by atoms with E-state index in [1.54, 1.807) is 24.0 Å². The van der Waals surface area contributed by atoms with E-state index in [4.69, 9.17) is 20.4 Å². The summed E-state index contributed by atoms with van der Waals surface area (Å²) in [4.78, 5) is 37.8. The molecular formula is C21H23N5O5. The zero-order chi connectivity index (χ0) is 23.0.